The number of carbonyl (C=O) groups excluding carboxylic acids is 2. The number of rotatable bonds is 7. The second-order valence-corrected chi connectivity index (χ2v) is 8.74. The monoisotopic (exact) mass is 374 g/mol. The van der Waals surface area contributed by atoms with Crippen molar-refractivity contribution in [1.29, 1.82) is 0 Å². The molecule has 1 aliphatic carbocycles. The fourth-order valence-corrected chi connectivity index (χ4v) is 3.96. The van der Waals surface area contributed by atoms with Crippen molar-refractivity contribution in [3.05, 3.63) is 35.9 Å². The zero-order valence-electron chi connectivity index (χ0n) is 17.1. The Kier molecular flexibility index (Phi) is 7.04. The number of ether oxygens (including phenoxy) is 1. The van der Waals surface area contributed by atoms with E-state index < -0.39 is 11.5 Å². The predicted octanol–water partition coefficient (Wildman–Crippen LogP) is 3.56. The van der Waals surface area contributed by atoms with Gasteiger partial charge in [0, 0.05) is 6.04 Å². The summed E-state index contributed by atoms with van der Waals surface area (Å²) in [5.74, 6) is -0.606. The highest BCUT2D eigenvalue weighted by molar-refractivity contribution is 5.91. The number of carbonyl (C=O) groups is 2. The number of esters is 1. The quantitative estimate of drug-likeness (QED) is 0.715. The van der Waals surface area contributed by atoms with Crippen molar-refractivity contribution >= 4 is 11.9 Å². The molecule has 1 aliphatic rings. The van der Waals surface area contributed by atoms with Crippen LogP contribution in [0.3, 0.4) is 0 Å². The first-order valence-electron chi connectivity index (χ1n) is 9.98. The highest BCUT2D eigenvalue weighted by atomic mass is 16.5. The van der Waals surface area contributed by atoms with Crippen molar-refractivity contribution in [2.45, 2.75) is 78.5 Å². The van der Waals surface area contributed by atoms with E-state index in [0.717, 1.165) is 24.8 Å². The SMILES string of the molecule is CC[C@@H](NC(=O)[C@@H](N)C1(C(=O)OCc2ccccc2)CCCC1)C(C)(C)C. The molecule has 0 spiro atoms. The van der Waals surface area contributed by atoms with Gasteiger partial charge in [-0.05, 0) is 30.2 Å². The summed E-state index contributed by atoms with van der Waals surface area (Å²) in [6, 6.07) is 8.68. The van der Waals surface area contributed by atoms with Gasteiger partial charge in [-0.25, -0.2) is 0 Å². The Morgan fingerprint density at radius 1 is 1.19 bits per heavy atom. The minimum atomic E-state index is -0.922. The fraction of sp³-hybridized carbons (Fsp3) is 0.636. The Morgan fingerprint density at radius 3 is 2.30 bits per heavy atom. The van der Waals surface area contributed by atoms with Gasteiger partial charge in [-0.2, -0.15) is 0 Å². The first-order chi connectivity index (χ1) is 12.7. The number of benzene rings is 1. The molecule has 1 aromatic carbocycles. The van der Waals surface area contributed by atoms with Crippen LogP contribution in [0.15, 0.2) is 30.3 Å². The van der Waals surface area contributed by atoms with E-state index in [1.165, 1.54) is 0 Å². The average molecular weight is 375 g/mol. The summed E-state index contributed by atoms with van der Waals surface area (Å²) in [5, 5.41) is 3.07. The van der Waals surface area contributed by atoms with Gasteiger partial charge in [-0.1, -0.05) is 70.9 Å². The molecule has 27 heavy (non-hydrogen) atoms. The molecule has 150 valence electrons. The van der Waals surface area contributed by atoms with Gasteiger partial charge < -0.3 is 15.8 Å². The molecule has 0 heterocycles. The summed E-state index contributed by atoms with van der Waals surface area (Å²) in [7, 11) is 0. The van der Waals surface area contributed by atoms with Gasteiger partial charge >= 0.3 is 5.97 Å². The number of hydrogen-bond donors (Lipinski definition) is 2. The highest BCUT2D eigenvalue weighted by Crippen LogP contribution is 2.42. The van der Waals surface area contributed by atoms with Gasteiger partial charge in [-0.15, -0.1) is 0 Å². The summed E-state index contributed by atoms with van der Waals surface area (Å²) >= 11 is 0. The van der Waals surface area contributed by atoms with E-state index >= 15 is 0 Å². The van der Waals surface area contributed by atoms with E-state index in [1.807, 2.05) is 37.3 Å². The van der Waals surface area contributed by atoms with E-state index in [9.17, 15) is 9.59 Å². The van der Waals surface area contributed by atoms with Gasteiger partial charge in [-0.3, -0.25) is 9.59 Å². The molecule has 5 nitrogen and oxygen atoms in total. The van der Waals surface area contributed by atoms with Crippen LogP contribution in [-0.2, 0) is 20.9 Å². The summed E-state index contributed by atoms with van der Waals surface area (Å²) in [4.78, 5) is 25.8. The predicted molar refractivity (Wildman–Crippen MR) is 107 cm³/mol. The van der Waals surface area contributed by atoms with E-state index in [1.54, 1.807) is 0 Å². The number of nitrogens with two attached hydrogens (primary N) is 1. The molecule has 0 bridgehead atoms. The van der Waals surface area contributed by atoms with Crippen molar-refractivity contribution in [3.8, 4) is 0 Å². The van der Waals surface area contributed by atoms with Crippen molar-refractivity contribution in [3.63, 3.8) is 0 Å². The molecule has 1 saturated carbocycles. The van der Waals surface area contributed by atoms with Gasteiger partial charge in [0.15, 0.2) is 0 Å². The van der Waals surface area contributed by atoms with E-state index in [4.69, 9.17) is 10.5 Å². The molecule has 0 unspecified atom stereocenters. The molecular weight excluding hydrogens is 340 g/mol. The standard InChI is InChI=1S/C22H34N2O3/c1-5-17(21(2,3)4)24-19(25)18(23)22(13-9-10-14-22)20(26)27-15-16-11-7-6-8-12-16/h6-8,11-12,17-18H,5,9-10,13-15,23H2,1-4H3,(H,24,25)/t17-,18-/m1/s1. The summed E-state index contributed by atoms with van der Waals surface area (Å²) in [5.41, 5.74) is 6.30. The molecule has 2 atom stereocenters. The average Bonchev–Trinajstić information content (AvgIpc) is 3.14. The third kappa shape index (κ3) is 5.10. The number of nitrogens with one attached hydrogen (secondary N) is 1. The van der Waals surface area contributed by atoms with Crippen LogP contribution < -0.4 is 11.1 Å². The zero-order valence-corrected chi connectivity index (χ0v) is 17.1. The maximum Gasteiger partial charge on any atom is 0.314 e. The lowest BCUT2D eigenvalue weighted by Gasteiger charge is -2.36. The first kappa shape index (κ1) is 21.4. The van der Waals surface area contributed by atoms with Crippen molar-refractivity contribution in [1.82, 2.24) is 5.32 Å². The lowest BCUT2D eigenvalue weighted by Crippen LogP contribution is -2.58. The maximum absolute atomic E-state index is 13.0. The summed E-state index contributed by atoms with van der Waals surface area (Å²) in [6.07, 6.45) is 3.78. The molecule has 0 aliphatic heterocycles. The van der Waals surface area contributed by atoms with Gasteiger partial charge in [0.2, 0.25) is 5.91 Å². The molecule has 1 aromatic rings. The highest BCUT2D eigenvalue weighted by Gasteiger charge is 2.50. The Balaban J connectivity index is 2.09. The Hall–Kier alpha value is -1.88. The second kappa shape index (κ2) is 8.87. The van der Waals surface area contributed by atoms with E-state index in [0.29, 0.717) is 12.8 Å². The van der Waals surface area contributed by atoms with E-state index in [-0.39, 0.29) is 29.9 Å². The Morgan fingerprint density at radius 2 is 1.78 bits per heavy atom. The second-order valence-electron chi connectivity index (χ2n) is 8.74. The van der Waals surface area contributed by atoms with Crippen molar-refractivity contribution in [2.24, 2.45) is 16.6 Å². The van der Waals surface area contributed by atoms with Gasteiger partial charge in [0.25, 0.3) is 0 Å². The van der Waals surface area contributed by atoms with Crippen molar-refractivity contribution in [2.75, 3.05) is 0 Å². The number of amides is 1. The fourth-order valence-electron chi connectivity index (χ4n) is 3.96. The molecule has 3 N–H and O–H groups in total. The molecule has 0 saturated heterocycles. The molecule has 1 amide bonds. The minimum absolute atomic E-state index is 0.00911. The maximum atomic E-state index is 13.0. The Labute approximate surface area is 163 Å². The van der Waals surface area contributed by atoms with Crippen LogP contribution in [-0.4, -0.2) is 24.0 Å². The summed E-state index contributed by atoms with van der Waals surface area (Å²) in [6.45, 7) is 8.52. The van der Waals surface area contributed by atoms with Crippen LogP contribution in [0.25, 0.3) is 0 Å². The smallest absolute Gasteiger partial charge is 0.314 e. The molecular formula is C22H34N2O3. The van der Waals surface area contributed by atoms with Crippen LogP contribution in [0.1, 0.15) is 65.4 Å². The van der Waals surface area contributed by atoms with Crippen LogP contribution in [0.4, 0.5) is 0 Å². The van der Waals surface area contributed by atoms with Crippen molar-refractivity contribution < 1.29 is 14.3 Å². The molecule has 5 heteroatoms. The van der Waals surface area contributed by atoms with Gasteiger partial charge in [0.1, 0.15) is 12.6 Å². The van der Waals surface area contributed by atoms with Crippen LogP contribution in [0.2, 0.25) is 0 Å². The molecule has 0 radical (unpaired) electrons. The molecule has 1 fully saturated rings. The Bertz CT molecular complexity index is 631. The molecule has 2 rings (SSSR count). The third-order valence-corrected chi connectivity index (χ3v) is 5.76. The van der Waals surface area contributed by atoms with Crippen LogP contribution >= 0.6 is 0 Å². The summed E-state index contributed by atoms with van der Waals surface area (Å²) < 4.78 is 5.59. The molecule has 0 aromatic heterocycles. The van der Waals surface area contributed by atoms with Gasteiger partial charge in [0.05, 0.1) is 5.41 Å². The largest absolute Gasteiger partial charge is 0.460 e. The third-order valence-electron chi connectivity index (χ3n) is 5.76. The number of hydrogen-bond acceptors (Lipinski definition) is 4. The minimum Gasteiger partial charge on any atom is -0.460 e. The van der Waals surface area contributed by atoms with Crippen LogP contribution in [0, 0.1) is 10.8 Å². The lowest BCUT2D eigenvalue weighted by molar-refractivity contribution is -0.160. The normalized spacial score (nSPS) is 18.6. The lowest BCUT2D eigenvalue weighted by atomic mass is 9.77. The van der Waals surface area contributed by atoms with Crippen LogP contribution in [0.5, 0.6) is 0 Å². The first-order valence-corrected chi connectivity index (χ1v) is 9.98. The topological polar surface area (TPSA) is 81.4 Å². The van der Waals surface area contributed by atoms with E-state index in [2.05, 4.69) is 26.1 Å². The zero-order chi connectivity index (χ0) is 20.1.